The summed E-state index contributed by atoms with van der Waals surface area (Å²) in [6, 6.07) is 12.5. The predicted octanol–water partition coefficient (Wildman–Crippen LogP) is 4.59. The van der Waals surface area contributed by atoms with Crippen molar-refractivity contribution >= 4 is 17.0 Å². The Kier molecular flexibility index (Phi) is 4.61. The van der Waals surface area contributed by atoms with Crippen LogP contribution in [-0.4, -0.2) is 12.6 Å². The van der Waals surface area contributed by atoms with E-state index in [0.29, 0.717) is 6.04 Å². The number of thiophene rings is 1. The van der Waals surface area contributed by atoms with E-state index in [0.717, 1.165) is 19.1 Å². The molecule has 2 aromatic rings. The maximum atomic E-state index is 3.47. The second-order valence-corrected chi connectivity index (χ2v) is 6.64. The lowest BCUT2D eigenvalue weighted by Gasteiger charge is -2.25. The first-order valence-corrected chi connectivity index (χ1v) is 8.83. The predicted molar refractivity (Wildman–Crippen MR) is 92.1 cm³/mol. The summed E-state index contributed by atoms with van der Waals surface area (Å²) in [5, 5.41) is 7.90. The van der Waals surface area contributed by atoms with E-state index in [4.69, 9.17) is 0 Å². The molecule has 1 saturated carbocycles. The van der Waals surface area contributed by atoms with Gasteiger partial charge in [-0.1, -0.05) is 19.1 Å². The van der Waals surface area contributed by atoms with Crippen molar-refractivity contribution in [2.45, 2.75) is 45.3 Å². The van der Waals surface area contributed by atoms with Crippen LogP contribution in [0.1, 0.15) is 43.9 Å². The normalized spacial score (nSPS) is 15.9. The van der Waals surface area contributed by atoms with Crippen LogP contribution in [0.5, 0.6) is 0 Å². The highest BCUT2D eigenvalue weighted by atomic mass is 32.1. The molecule has 1 fully saturated rings. The molecule has 0 amide bonds. The Morgan fingerprint density at radius 3 is 2.57 bits per heavy atom. The SMILES string of the molecule is CCNC(C)c1ccc(N(Cc2ccsc2)C2CC2)cc1. The first kappa shape index (κ1) is 14.6. The number of benzene rings is 1. The number of nitrogens with one attached hydrogen (secondary N) is 1. The van der Waals surface area contributed by atoms with Crippen LogP contribution in [-0.2, 0) is 6.54 Å². The van der Waals surface area contributed by atoms with Gasteiger partial charge < -0.3 is 10.2 Å². The molecule has 3 rings (SSSR count). The van der Waals surface area contributed by atoms with E-state index in [-0.39, 0.29) is 0 Å². The van der Waals surface area contributed by atoms with E-state index in [9.17, 15) is 0 Å². The first-order chi connectivity index (χ1) is 10.3. The summed E-state index contributed by atoms with van der Waals surface area (Å²) in [7, 11) is 0. The molecule has 1 heterocycles. The van der Waals surface area contributed by atoms with E-state index < -0.39 is 0 Å². The monoisotopic (exact) mass is 300 g/mol. The number of nitrogens with zero attached hydrogens (tertiary/aromatic N) is 1. The van der Waals surface area contributed by atoms with Crippen LogP contribution in [0.15, 0.2) is 41.1 Å². The van der Waals surface area contributed by atoms with Crippen molar-refractivity contribution in [2.24, 2.45) is 0 Å². The van der Waals surface area contributed by atoms with Crippen molar-refractivity contribution in [1.82, 2.24) is 5.32 Å². The molecule has 0 spiro atoms. The Labute approximate surface area is 131 Å². The third-order valence-electron chi connectivity index (χ3n) is 4.16. The summed E-state index contributed by atoms with van der Waals surface area (Å²) >= 11 is 1.79. The smallest absolute Gasteiger partial charge is 0.0440 e. The average molecular weight is 300 g/mol. The van der Waals surface area contributed by atoms with Gasteiger partial charge in [0.25, 0.3) is 0 Å². The van der Waals surface area contributed by atoms with E-state index in [2.05, 4.69) is 65.2 Å². The third kappa shape index (κ3) is 3.66. The summed E-state index contributed by atoms with van der Waals surface area (Å²) in [5.41, 5.74) is 4.15. The Morgan fingerprint density at radius 2 is 2.00 bits per heavy atom. The van der Waals surface area contributed by atoms with Crippen LogP contribution >= 0.6 is 11.3 Å². The zero-order chi connectivity index (χ0) is 14.7. The molecule has 1 atom stereocenters. The molecule has 1 N–H and O–H groups in total. The lowest BCUT2D eigenvalue weighted by molar-refractivity contribution is 0.598. The van der Waals surface area contributed by atoms with Gasteiger partial charge in [-0.05, 0) is 66.4 Å². The van der Waals surface area contributed by atoms with Gasteiger partial charge in [0.1, 0.15) is 0 Å². The average Bonchev–Trinajstić information content (AvgIpc) is 3.22. The van der Waals surface area contributed by atoms with Crippen LogP contribution in [0.2, 0.25) is 0 Å². The van der Waals surface area contributed by atoms with Gasteiger partial charge in [-0.15, -0.1) is 0 Å². The molecule has 0 bridgehead atoms. The van der Waals surface area contributed by atoms with E-state index in [1.807, 2.05) is 0 Å². The van der Waals surface area contributed by atoms with Gasteiger partial charge in [0.15, 0.2) is 0 Å². The highest BCUT2D eigenvalue weighted by Crippen LogP contribution is 2.33. The molecule has 1 aromatic carbocycles. The second-order valence-electron chi connectivity index (χ2n) is 5.86. The second kappa shape index (κ2) is 6.63. The van der Waals surface area contributed by atoms with Gasteiger partial charge in [-0.25, -0.2) is 0 Å². The molecule has 1 aliphatic rings. The maximum Gasteiger partial charge on any atom is 0.0440 e. The Morgan fingerprint density at radius 1 is 1.24 bits per heavy atom. The lowest BCUT2D eigenvalue weighted by Crippen LogP contribution is -2.25. The number of anilines is 1. The van der Waals surface area contributed by atoms with Crippen LogP contribution in [0, 0.1) is 0 Å². The molecule has 0 radical (unpaired) electrons. The molecular weight excluding hydrogens is 276 g/mol. The van der Waals surface area contributed by atoms with Crippen molar-refractivity contribution < 1.29 is 0 Å². The summed E-state index contributed by atoms with van der Waals surface area (Å²) < 4.78 is 0. The van der Waals surface area contributed by atoms with Crippen LogP contribution in [0.4, 0.5) is 5.69 Å². The number of hydrogen-bond donors (Lipinski definition) is 1. The lowest BCUT2D eigenvalue weighted by atomic mass is 10.1. The maximum absolute atomic E-state index is 3.47. The molecule has 21 heavy (non-hydrogen) atoms. The largest absolute Gasteiger partial charge is 0.364 e. The van der Waals surface area contributed by atoms with Gasteiger partial charge >= 0.3 is 0 Å². The van der Waals surface area contributed by atoms with Crippen LogP contribution in [0.3, 0.4) is 0 Å². The van der Waals surface area contributed by atoms with Gasteiger partial charge in [0.05, 0.1) is 0 Å². The van der Waals surface area contributed by atoms with Crippen molar-refractivity contribution in [3.8, 4) is 0 Å². The Balaban J connectivity index is 1.74. The van der Waals surface area contributed by atoms with E-state index in [1.54, 1.807) is 11.3 Å². The Hall–Kier alpha value is -1.32. The summed E-state index contributed by atoms with van der Waals surface area (Å²) in [6.45, 7) is 6.43. The van der Waals surface area contributed by atoms with Crippen LogP contribution in [0.25, 0.3) is 0 Å². The topological polar surface area (TPSA) is 15.3 Å². The summed E-state index contributed by atoms with van der Waals surface area (Å²) in [4.78, 5) is 2.56. The first-order valence-electron chi connectivity index (χ1n) is 7.89. The van der Waals surface area contributed by atoms with E-state index >= 15 is 0 Å². The minimum absolute atomic E-state index is 0.426. The third-order valence-corrected chi connectivity index (χ3v) is 4.89. The van der Waals surface area contributed by atoms with Gasteiger partial charge in [-0.2, -0.15) is 11.3 Å². The molecule has 0 saturated heterocycles. The standard InChI is InChI=1S/C18H24N2S/c1-3-19-14(2)16-4-6-17(7-5-16)20(18-8-9-18)12-15-10-11-21-13-15/h4-7,10-11,13-14,18-19H,3,8-9,12H2,1-2H3. The highest BCUT2D eigenvalue weighted by molar-refractivity contribution is 7.07. The Bertz CT molecular complexity index is 543. The quantitative estimate of drug-likeness (QED) is 0.804. The summed E-state index contributed by atoms with van der Waals surface area (Å²) in [6.07, 6.45) is 2.67. The molecule has 1 aliphatic carbocycles. The molecule has 112 valence electrons. The minimum Gasteiger partial charge on any atom is -0.364 e. The van der Waals surface area contributed by atoms with Gasteiger partial charge in [-0.3, -0.25) is 0 Å². The molecule has 2 nitrogen and oxygen atoms in total. The summed E-state index contributed by atoms with van der Waals surface area (Å²) in [5.74, 6) is 0. The van der Waals surface area contributed by atoms with Gasteiger partial charge in [0.2, 0.25) is 0 Å². The van der Waals surface area contributed by atoms with Crippen LogP contribution < -0.4 is 10.2 Å². The number of rotatable bonds is 7. The van der Waals surface area contributed by atoms with Gasteiger partial charge in [0, 0.05) is 24.3 Å². The van der Waals surface area contributed by atoms with Crippen molar-refractivity contribution in [3.05, 3.63) is 52.2 Å². The number of hydrogen-bond acceptors (Lipinski definition) is 3. The van der Waals surface area contributed by atoms with Crippen molar-refractivity contribution in [3.63, 3.8) is 0 Å². The molecule has 0 aliphatic heterocycles. The molecule has 1 unspecified atom stereocenters. The fourth-order valence-corrected chi connectivity index (χ4v) is 3.44. The molecule has 1 aromatic heterocycles. The molecular formula is C18H24N2S. The van der Waals surface area contributed by atoms with Crippen molar-refractivity contribution in [1.29, 1.82) is 0 Å². The highest BCUT2D eigenvalue weighted by Gasteiger charge is 2.29. The van der Waals surface area contributed by atoms with Crippen molar-refractivity contribution in [2.75, 3.05) is 11.4 Å². The molecule has 3 heteroatoms. The fraction of sp³-hybridized carbons (Fsp3) is 0.444. The zero-order valence-corrected chi connectivity index (χ0v) is 13.7. The minimum atomic E-state index is 0.426. The fourth-order valence-electron chi connectivity index (χ4n) is 2.78. The zero-order valence-electron chi connectivity index (χ0n) is 12.9. The van der Waals surface area contributed by atoms with E-state index in [1.165, 1.54) is 29.7 Å².